The Hall–Kier alpha value is -2.11. The van der Waals surface area contributed by atoms with E-state index in [2.05, 4.69) is 5.32 Å². The summed E-state index contributed by atoms with van der Waals surface area (Å²) >= 11 is 8.03. The predicted molar refractivity (Wildman–Crippen MR) is 128 cm³/mol. The van der Waals surface area contributed by atoms with Crippen LogP contribution in [0.3, 0.4) is 0 Å². The summed E-state index contributed by atoms with van der Waals surface area (Å²) < 4.78 is 41.6. The van der Waals surface area contributed by atoms with Crippen LogP contribution in [-0.2, 0) is 6.42 Å². The molecule has 3 nitrogen and oxygen atoms in total. The molecule has 1 aliphatic rings. The maximum Gasteiger partial charge on any atom is 0.183 e. The summed E-state index contributed by atoms with van der Waals surface area (Å²) in [4.78, 5) is 5.79. The van der Waals surface area contributed by atoms with Crippen molar-refractivity contribution in [2.45, 2.75) is 52.5 Å². The summed E-state index contributed by atoms with van der Waals surface area (Å²) in [6.45, 7) is 5.71. The lowest BCUT2D eigenvalue weighted by Crippen LogP contribution is -2.12. The largest absolute Gasteiger partial charge is 0.496 e. The summed E-state index contributed by atoms with van der Waals surface area (Å²) in [5, 5.41) is 4.65. The average Bonchev–Trinajstić information content (AvgIpc) is 3.49. The molecule has 6 heteroatoms. The van der Waals surface area contributed by atoms with Crippen LogP contribution in [-0.4, -0.2) is 12.0 Å². The van der Waals surface area contributed by atoms with E-state index in [4.69, 9.17) is 25.4 Å². The second-order valence-electron chi connectivity index (χ2n) is 8.20. The first kappa shape index (κ1) is 18.5. The first-order valence-electron chi connectivity index (χ1n) is 12.1. The van der Waals surface area contributed by atoms with E-state index in [1.165, 1.54) is 30.2 Å². The van der Waals surface area contributed by atoms with Gasteiger partial charge in [-0.3, -0.25) is 0 Å². The van der Waals surface area contributed by atoms with Gasteiger partial charge in [0.15, 0.2) is 5.13 Å². The Morgan fingerprint density at radius 3 is 2.81 bits per heavy atom. The molecule has 1 fully saturated rings. The monoisotopic (exact) mass is 461 g/mol. The molecule has 0 radical (unpaired) electrons. The number of hydrogen-bond donors (Lipinski definition) is 1. The smallest absolute Gasteiger partial charge is 0.183 e. The fourth-order valence-corrected chi connectivity index (χ4v) is 4.97. The van der Waals surface area contributed by atoms with Crippen molar-refractivity contribution in [2.24, 2.45) is 5.92 Å². The van der Waals surface area contributed by atoms with E-state index in [1.807, 2.05) is 26.0 Å². The van der Waals surface area contributed by atoms with Gasteiger partial charge in [-0.2, -0.15) is 0 Å². The van der Waals surface area contributed by atoms with E-state index in [0.717, 1.165) is 38.8 Å². The Balaban J connectivity index is 1.61. The Labute approximate surface area is 196 Å². The molecular formula is C25H28ClFN2OS. The van der Waals surface area contributed by atoms with Gasteiger partial charge in [0.25, 0.3) is 0 Å². The number of nitrogens with zero attached hydrogens (tertiary/aromatic N) is 1. The quantitative estimate of drug-likeness (QED) is 0.372. The molecule has 164 valence electrons. The first-order chi connectivity index (χ1) is 16.0. The highest BCUT2D eigenvalue weighted by atomic mass is 35.5. The van der Waals surface area contributed by atoms with E-state index in [0.29, 0.717) is 22.9 Å². The zero-order valence-electron chi connectivity index (χ0n) is 20.9. The zero-order chi connectivity index (χ0) is 24.6. The second-order valence-corrected chi connectivity index (χ2v) is 9.81. The number of methoxy groups -OCH3 is 1. The molecule has 1 atom stereocenters. The maximum atomic E-state index is 14.5. The summed E-state index contributed by atoms with van der Waals surface area (Å²) in [5.41, 5.74) is 3.76. The first-order valence-corrected chi connectivity index (χ1v) is 11.7. The molecule has 1 aromatic heterocycles. The fraction of sp³-hybridized carbons (Fsp3) is 0.400. The Morgan fingerprint density at radius 2 is 2.13 bits per heavy atom. The van der Waals surface area contributed by atoms with E-state index in [9.17, 15) is 4.39 Å². The van der Waals surface area contributed by atoms with Crippen molar-refractivity contribution < 1.29 is 13.2 Å². The molecule has 0 bridgehead atoms. The summed E-state index contributed by atoms with van der Waals surface area (Å²) in [5.74, 6) is 0.706. The van der Waals surface area contributed by atoms with Crippen LogP contribution in [0.25, 0.3) is 11.3 Å². The van der Waals surface area contributed by atoms with Crippen molar-refractivity contribution in [3.05, 3.63) is 62.7 Å². The highest BCUT2D eigenvalue weighted by molar-refractivity contribution is 7.16. The molecule has 0 aliphatic heterocycles. The van der Waals surface area contributed by atoms with Gasteiger partial charge < -0.3 is 10.1 Å². The number of rotatable bonds is 8. The topological polar surface area (TPSA) is 34.1 Å². The molecule has 1 heterocycles. The third-order valence-electron chi connectivity index (χ3n) is 5.85. The van der Waals surface area contributed by atoms with Crippen LogP contribution >= 0.6 is 22.9 Å². The van der Waals surface area contributed by atoms with Crippen molar-refractivity contribution in [3.63, 3.8) is 0 Å². The molecule has 1 saturated carbocycles. The van der Waals surface area contributed by atoms with Gasteiger partial charge in [-0.05, 0) is 67.5 Å². The number of nitrogens with one attached hydrogen (secondary N) is 1. The molecule has 0 unspecified atom stereocenters. The van der Waals surface area contributed by atoms with Gasteiger partial charge in [0.2, 0.25) is 0 Å². The molecule has 2 aromatic carbocycles. The van der Waals surface area contributed by atoms with Gasteiger partial charge in [0.1, 0.15) is 11.6 Å². The fourth-order valence-electron chi connectivity index (χ4n) is 3.84. The lowest BCUT2D eigenvalue weighted by Gasteiger charge is -2.19. The van der Waals surface area contributed by atoms with Crippen LogP contribution < -0.4 is 10.1 Å². The van der Waals surface area contributed by atoms with Crippen molar-refractivity contribution >= 4 is 28.1 Å². The molecule has 4 rings (SSSR count). The van der Waals surface area contributed by atoms with Gasteiger partial charge in [-0.15, -0.1) is 11.3 Å². The number of benzene rings is 2. The van der Waals surface area contributed by atoms with E-state index < -0.39 is 7.04 Å². The van der Waals surface area contributed by atoms with Gasteiger partial charge in [-0.25, -0.2) is 9.37 Å². The van der Waals surface area contributed by atoms with E-state index >= 15 is 0 Å². The van der Waals surface area contributed by atoms with Gasteiger partial charge in [0.05, 0.1) is 27.9 Å². The van der Waals surface area contributed by atoms with Crippen LogP contribution in [0.4, 0.5) is 9.52 Å². The van der Waals surface area contributed by atoms with E-state index in [-0.39, 0.29) is 17.6 Å². The minimum Gasteiger partial charge on any atom is -0.496 e. The SMILES string of the molecule is [2H]C([2H])([2H])Oc1cc(Cl)c(-c2nc(N[C@@H](CC3CC3)c3ccc(CC)c(F)c3)sc2C)cc1C. The van der Waals surface area contributed by atoms with Crippen LogP contribution in [0.15, 0.2) is 30.3 Å². The molecular weight excluding hydrogens is 431 g/mol. The minimum absolute atomic E-state index is 0.0291. The second kappa shape index (κ2) is 9.17. The molecule has 0 saturated heterocycles. The highest BCUT2D eigenvalue weighted by Crippen LogP contribution is 2.42. The minimum atomic E-state index is -2.55. The number of aromatic nitrogens is 1. The van der Waals surface area contributed by atoms with Crippen molar-refractivity contribution in [3.8, 4) is 17.0 Å². The lowest BCUT2D eigenvalue weighted by molar-refractivity contribution is 0.412. The molecule has 0 amide bonds. The molecule has 1 N–H and O–H groups in total. The summed E-state index contributed by atoms with van der Waals surface area (Å²) in [6, 6.07) is 8.82. The van der Waals surface area contributed by atoms with Gasteiger partial charge >= 0.3 is 0 Å². The number of aryl methyl sites for hydroxylation is 3. The highest BCUT2D eigenvalue weighted by Gasteiger charge is 2.27. The number of thiazole rings is 1. The molecule has 0 spiro atoms. The molecule has 31 heavy (non-hydrogen) atoms. The maximum absolute atomic E-state index is 14.5. The van der Waals surface area contributed by atoms with Crippen LogP contribution in [0, 0.1) is 25.6 Å². The third-order valence-corrected chi connectivity index (χ3v) is 7.07. The van der Waals surface area contributed by atoms with Crippen LogP contribution in [0.2, 0.25) is 5.02 Å². The molecule has 1 aliphatic carbocycles. The molecule has 3 aromatic rings. The number of halogens is 2. The third kappa shape index (κ3) is 4.88. The Kier molecular flexibility index (Phi) is 5.46. The van der Waals surface area contributed by atoms with Crippen LogP contribution in [0.5, 0.6) is 5.75 Å². The summed E-state index contributed by atoms with van der Waals surface area (Å²) in [6.07, 6.45) is 4.00. The average molecular weight is 462 g/mol. The number of hydrogen-bond acceptors (Lipinski definition) is 4. The number of anilines is 1. The van der Waals surface area contributed by atoms with Gasteiger partial charge in [0, 0.05) is 10.4 Å². The van der Waals surface area contributed by atoms with Crippen LogP contribution in [0.1, 0.15) is 57.9 Å². The Bertz CT molecular complexity index is 1190. The standard InChI is InChI=1S/C25H28ClFN2OS/c1-5-17-8-9-18(12-21(17)27)22(11-16-6-7-16)28-25-29-24(15(3)31-25)19-10-14(2)23(30-4)13-20(19)26/h8-10,12-13,16,22H,5-7,11H2,1-4H3,(H,28,29)/t22-/m0/s1/i4D3. The van der Waals surface area contributed by atoms with Crippen molar-refractivity contribution in [1.82, 2.24) is 4.98 Å². The van der Waals surface area contributed by atoms with Gasteiger partial charge in [-0.1, -0.05) is 43.5 Å². The van der Waals surface area contributed by atoms with E-state index in [1.54, 1.807) is 19.1 Å². The Morgan fingerprint density at radius 1 is 1.32 bits per heavy atom. The lowest BCUT2D eigenvalue weighted by atomic mass is 9.99. The van der Waals surface area contributed by atoms with Crippen molar-refractivity contribution in [1.29, 1.82) is 0 Å². The normalized spacial score (nSPS) is 16.4. The van der Waals surface area contributed by atoms with Crippen molar-refractivity contribution in [2.75, 3.05) is 12.4 Å². The predicted octanol–water partition coefficient (Wildman–Crippen LogP) is 7.74. The number of ether oxygens (including phenoxy) is 1. The summed E-state index contributed by atoms with van der Waals surface area (Å²) in [7, 11) is -2.55. The zero-order valence-corrected chi connectivity index (χ0v) is 19.5.